The highest BCUT2D eigenvalue weighted by molar-refractivity contribution is 5.91. The maximum Gasteiger partial charge on any atom is 0.279 e. The average Bonchev–Trinajstić information content (AvgIpc) is 2.32. The Morgan fingerprint density at radius 2 is 2.33 bits per heavy atom. The number of benzene rings is 1. The van der Waals surface area contributed by atoms with Crippen molar-refractivity contribution in [3.05, 3.63) is 30.1 Å². The molecule has 1 heterocycles. The van der Waals surface area contributed by atoms with Gasteiger partial charge in [-0.1, -0.05) is 6.07 Å². The smallest absolute Gasteiger partial charge is 0.279 e. The molecule has 1 aromatic rings. The Kier molecular flexibility index (Phi) is 4.31. The molecule has 1 unspecified atom stereocenters. The summed E-state index contributed by atoms with van der Waals surface area (Å²) < 4.78 is 13.0. The van der Waals surface area contributed by atoms with E-state index in [0.29, 0.717) is 18.3 Å². The van der Waals surface area contributed by atoms with Crippen molar-refractivity contribution in [3.63, 3.8) is 0 Å². The van der Waals surface area contributed by atoms with Crippen LogP contribution in [0.1, 0.15) is 26.2 Å². The van der Waals surface area contributed by atoms with E-state index < -0.39 is 0 Å². The van der Waals surface area contributed by atoms with Crippen LogP contribution in [0.2, 0.25) is 0 Å². The molecule has 0 spiro atoms. The fourth-order valence-corrected chi connectivity index (χ4v) is 2.49. The van der Waals surface area contributed by atoms with Crippen molar-refractivity contribution in [1.29, 1.82) is 0 Å². The fraction of sp³-hybridized carbons (Fsp3) is 0.500. The fourth-order valence-electron chi connectivity index (χ4n) is 2.49. The second kappa shape index (κ2) is 5.96. The number of halogens is 1. The van der Waals surface area contributed by atoms with Gasteiger partial charge in [0.05, 0.1) is 12.6 Å². The lowest BCUT2D eigenvalue weighted by molar-refractivity contribution is -0.920. The standard InChI is InChI=1S/C14H19FN2O/c1-11-5-2-3-8-17(11)10-14(18)16-13-7-4-6-12(15)9-13/h4,6-7,9,11H,2-3,5,8,10H2,1H3,(H,16,18)/p+1/t11-/m0/s1. The van der Waals surface area contributed by atoms with Crippen LogP contribution in [-0.2, 0) is 4.79 Å². The molecule has 0 aromatic heterocycles. The number of anilines is 1. The highest BCUT2D eigenvalue weighted by Crippen LogP contribution is 2.08. The minimum Gasteiger partial charge on any atom is -0.325 e. The summed E-state index contributed by atoms with van der Waals surface area (Å²) in [5, 5.41) is 2.75. The summed E-state index contributed by atoms with van der Waals surface area (Å²) in [5.74, 6) is -0.365. The minimum atomic E-state index is -0.327. The molecule has 0 bridgehead atoms. The van der Waals surface area contributed by atoms with E-state index in [2.05, 4.69) is 12.2 Å². The van der Waals surface area contributed by atoms with Crippen LogP contribution in [0.25, 0.3) is 0 Å². The van der Waals surface area contributed by atoms with Crippen LogP contribution in [0.3, 0.4) is 0 Å². The molecule has 0 aliphatic carbocycles. The zero-order chi connectivity index (χ0) is 13.0. The molecule has 2 rings (SSSR count). The number of amides is 1. The molecular weight excluding hydrogens is 231 g/mol. The summed E-state index contributed by atoms with van der Waals surface area (Å²) in [6.07, 6.45) is 3.63. The molecule has 1 saturated heterocycles. The molecule has 1 aliphatic heterocycles. The third kappa shape index (κ3) is 3.53. The first kappa shape index (κ1) is 13.0. The molecule has 1 fully saturated rings. The maximum absolute atomic E-state index is 13.0. The van der Waals surface area contributed by atoms with Gasteiger partial charge in [-0.2, -0.15) is 0 Å². The highest BCUT2D eigenvalue weighted by Gasteiger charge is 2.24. The number of rotatable bonds is 3. The summed E-state index contributed by atoms with van der Waals surface area (Å²) in [6, 6.07) is 6.55. The van der Waals surface area contributed by atoms with Crippen LogP contribution < -0.4 is 10.2 Å². The zero-order valence-corrected chi connectivity index (χ0v) is 10.7. The number of likely N-dealkylation sites (tertiary alicyclic amines) is 1. The molecule has 3 nitrogen and oxygen atoms in total. The van der Waals surface area contributed by atoms with Crippen LogP contribution in [0.4, 0.5) is 10.1 Å². The second-order valence-electron chi connectivity index (χ2n) is 5.04. The van der Waals surface area contributed by atoms with E-state index in [1.54, 1.807) is 12.1 Å². The predicted molar refractivity (Wildman–Crippen MR) is 69.0 cm³/mol. The van der Waals surface area contributed by atoms with Crippen LogP contribution in [0, 0.1) is 5.82 Å². The number of nitrogens with one attached hydrogen (secondary N) is 2. The van der Waals surface area contributed by atoms with Gasteiger partial charge in [0.2, 0.25) is 0 Å². The molecule has 0 radical (unpaired) electrons. The Hall–Kier alpha value is -1.42. The maximum atomic E-state index is 13.0. The Morgan fingerprint density at radius 3 is 3.06 bits per heavy atom. The molecule has 1 aliphatic rings. The third-order valence-corrected chi connectivity index (χ3v) is 3.58. The summed E-state index contributed by atoms with van der Waals surface area (Å²) in [6.45, 7) is 3.71. The Morgan fingerprint density at radius 1 is 1.50 bits per heavy atom. The van der Waals surface area contributed by atoms with E-state index in [1.165, 1.54) is 36.3 Å². The Bertz CT molecular complexity index is 422. The van der Waals surface area contributed by atoms with Crippen molar-refractivity contribution < 1.29 is 14.1 Å². The molecule has 98 valence electrons. The van der Waals surface area contributed by atoms with Gasteiger partial charge in [0.25, 0.3) is 5.91 Å². The highest BCUT2D eigenvalue weighted by atomic mass is 19.1. The number of hydrogen-bond donors (Lipinski definition) is 2. The molecule has 4 heteroatoms. The monoisotopic (exact) mass is 251 g/mol. The van der Waals surface area contributed by atoms with E-state index >= 15 is 0 Å². The minimum absolute atomic E-state index is 0.0376. The summed E-state index contributed by atoms with van der Waals surface area (Å²) in [4.78, 5) is 13.2. The van der Waals surface area contributed by atoms with Gasteiger partial charge in [-0.15, -0.1) is 0 Å². The molecule has 1 amide bonds. The van der Waals surface area contributed by atoms with Gasteiger partial charge in [-0.05, 0) is 44.4 Å². The molecular formula is C14H20FN2O+. The molecule has 2 atom stereocenters. The summed E-state index contributed by atoms with van der Waals surface area (Å²) in [7, 11) is 0. The molecule has 0 saturated carbocycles. The normalized spacial score (nSPS) is 23.7. The lowest BCUT2D eigenvalue weighted by Crippen LogP contribution is -3.17. The van der Waals surface area contributed by atoms with E-state index in [4.69, 9.17) is 0 Å². The van der Waals surface area contributed by atoms with Crippen LogP contribution in [-0.4, -0.2) is 25.0 Å². The number of carbonyl (C=O) groups is 1. The van der Waals surface area contributed by atoms with Gasteiger partial charge in [0, 0.05) is 5.69 Å². The van der Waals surface area contributed by atoms with Crippen molar-refractivity contribution in [3.8, 4) is 0 Å². The molecule has 2 N–H and O–H groups in total. The topological polar surface area (TPSA) is 33.5 Å². The van der Waals surface area contributed by atoms with Gasteiger partial charge >= 0.3 is 0 Å². The van der Waals surface area contributed by atoms with Crippen molar-refractivity contribution in [1.82, 2.24) is 0 Å². The Labute approximate surface area is 107 Å². The van der Waals surface area contributed by atoms with Gasteiger partial charge in [-0.25, -0.2) is 4.39 Å². The van der Waals surface area contributed by atoms with Crippen LogP contribution >= 0.6 is 0 Å². The van der Waals surface area contributed by atoms with Crippen LogP contribution in [0.15, 0.2) is 24.3 Å². The first-order valence-electron chi connectivity index (χ1n) is 6.55. The first-order chi connectivity index (χ1) is 8.65. The zero-order valence-electron chi connectivity index (χ0n) is 10.7. The predicted octanol–water partition coefficient (Wildman–Crippen LogP) is 1.22. The number of hydrogen-bond acceptors (Lipinski definition) is 1. The van der Waals surface area contributed by atoms with E-state index in [-0.39, 0.29) is 11.7 Å². The average molecular weight is 251 g/mol. The van der Waals surface area contributed by atoms with Gasteiger partial charge in [0.1, 0.15) is 5.82 Å². The summed E-state index contributed by atoms with van der Waals surface area (Å²) in [5.41, 5.74) is 0.532. The number of piperidine rings is 1. The second-order valence-corrected chi connectivity index (χ2v) is 5.04. The van der Waals surface area contributed by atoms with E-state index in [1.807, 2.05) is 0 Å². The van der Waals surface area contributed by atoms with E-state index in [9.17, 15) is 9.18 Å². The largest absolute Gasteiger partial charge is 0.325 e. The van der Waals surface area contributed by atoms with E-state index in [0.717, 1.165) is 6.54 Å². The Balaban J connectivity index is 1.88. The number of quaternary nitrogens is 1. The van der Waals surface area contributed by atoms with Crippen LogP contribution in [0.5, 0.6) is 0 Å². The van der Waals surface area contributed by atoms with Crippen molar-refractivity contribution in [2.75, 3.05) is 18.4 Å². The number of carbonyl (C=O) groups excluding carboxylic acids is 1. The third-order valence-electron chi connectivity index (χ3n) is 3.58. The van der Waals surface area contributed by atoms with Gasteiger partial charge in [0.15, 0.2) is 6.54 Å². The lowest BCUT2D eigenvalue weighted by Gasteiger charge is -2.29. The van der Waals surface area contributed by atoms with Gasteiger partial charge < -0.3 is 10.2 Å². The van der Waals surface area contributed by atoms with Gasteiger partial charge in [-0.3, -0.25) is 4.79 Å². The summed E-state index contributed by atoms with van der Waals surface area (Å²) >= 11 is 0. The first-order valence-corrected chi connectivity index (χ1v) is 6.55. The SMILES string of the molecule is C[C@H]1CCCC[NH+]1CC(=O)Nc1cccc(F)c1. The van der Waals surface area contributed by atoms with Crippen molar-refractivity contribution in [2.24, 2.45) is 0 Å². The quantitative estimate of drug-likeness (QED) is 0.832. The van der Waals surface area contributed by atoms with Crippen molar-refractivity contribution >= 4 is 11.6 Å². The van der Waals surface area contributed by atoms with Crippen molar-refractivity contribution in [2.45, 2.75) is 32.2 Å². The lowest BCUT2D eigenvalue weighted by atomic mass is 10.0. The molecule has 1 aromatic carbocycles. The molecule has 18 heavy (non-hydrogen) atoms.